The molecular weight excluding hydrogens is 218 g/mol. The molecule has 0 atom stereocenters. The van der Waals surface area contributed by atoms with Crippen LogP contribution in [0.2, 0.25) is 0 Å². The predicted octanol–water partition coefficient (Wildman–Crippen LogP) is 2.35. The van der Waals surface area contributed by atoms with Crippen molar-refractivity contribution in [2.45, 2.75) is 13.8 Å². The summed E-state index contributed by atoms with van der Waals surface area (Å²) in [6, 6.07) is 8.84. The van der Waals surface area contributed by atoms with Crippen molar-refractivity contribution in [3.8, 4) is 6.07 Å². The molecule has 0 unspecified atom stereocenters. The summed E-state index contributed by atoms with van der Waals surface area (Å²) in [6.07, 6.45) is 0. The third-order valence-electron chi connectivity index (χ3n) is 2.23. The average molecular weight is 231 g/mol. The number of carbonyl (C=O) groups excluding carboxylic acids is 1. The minimum atomic E-state index is -0.882. The van der Waals surface area contributed by atoms with Crippen LogP contribution in [0.25, 0.3) is 5.57 Å². The van der Waals surface area contributed by atoms with E-state index in [4.69, 9.17) is 5.26 Å². The largest absolute Gasteiger partial charge is 0.501 e. The number of ether oxygens (including phenoxy) is 1. The van der Waals surface area contributed by atoms with E-state index in [0.717, 1.165) is 5.56 Å². The Balaban J connectivity index is 3.25. The van der Waals surface area contributed by atoms with E-state index < -0.39 is 11.7 Å². The molecule has 0 radical (unpaired) electrons. The molecule has 0 saturated carbocycles. The standard InChI is InChI=1S/C13H13NO3/c1-3-17-13(16)12(15)11(8-14)10-7-5-4-6-9(10)2/h4-7,15H,3H2,1-2H3/b12-11+. The molecule has 4 heteroatoms. The average Bonchev–Trinajstić information content (AvgIpc) is 2.32. The Morgan fingerprint density at radius 2 is 2.12 bits per heavy atom. The van der Waals surface area contributed by atoms with E-state index in [-0.39, 0.29) is 12.2 Å². The molecule has 0 heterocycles. The zero-order valence-corrected chi connectivity index (χ0v) is 9.73. The van der Waals surface area contributed by atoms with Gasteiger partial charge in [0.05, 0.1) is 6.61 Å². The lowest BCUT2D eigenvalue weighted by Crippen LogP contribution is -2.09. The Hall–Kier alpha value is -2.28. The minimum Gasteiger partial charge on any atom is -0.501 e. The van der Waals surface area contributed by atoms with Gasteiger partial charge in [0.2, 0.25) is 5.76 Å². The van der Waals surface area contributed by atoms with Gasteiger partial charge < -0.3 is 9.84 Å². The second kappa shape index (κ2) is 5.71. The van der Waals surface area contributed by atoms with Crippen molar-refractivity contribution >= 4 is 11.5 Å². The monoisotopic (exact) mass is 231 g/mol. The summed E-state index contributed by atoms with van der Waals surface area (Å²) in [6.45, 7) is 3.57. The first-order valence-electron chi connectivity index (χ1n) is 5.18. The van der Waals surface area contributed by atoms with Crippen molar-refractivity contribution in [1.29, 1.82) is 5.26 Å². The molecule has 1 aromatic rings. The summed E-state index contributed by atoms with van der Waals surface area (Å²) in [5.74, 6) is -1.53. The van der Waals surface area contributed by atoms with E-state index in [9.17, 15) is 9.90 Å². The maximum absolute atomic E-state index is 11.3. The molecule has 1 rings (SSSR count). The molecule has 1 N–H and O–H groups in total. The number of aliphatic hydroxyl groups excluding tert-OH is 1. The van der Waals surface area contributed by atoms with Crippen LogP contribution in [-0.4, -0.2) is 17.7 Å². The van der Waals surface area contributed by atoms with Crippen molar-refractivity contribution in [3.63, 3.8) is 0 Å². The number of nitrogens with zero attached hydrogens (tertiary/aromatic N) is 1. The Bertz CT molecular complexity index is 498. The highest BCUT2D eigenvalue weighted by Crippen LogP contribution is 2.21. The topological polar surface area (TPSA) is 70.3 Å². The molecule has 0 bridgehead atoms. The Morgan fingerprint density at radius 1 is 1.47 bits per heavy atom. The first kappa shape index (κ1) is 12.8. The van der Waals surface area contributed by atoms with Gasteiger partial charge in [0.1, 0.15) is 11.6 Å². The number of hydrogen-bond donors (Lipinski definition) is 1. The maximum Gasteiger partial charge on any atom is 0.374 e. The second-order valence-corrected chi connectivity index (χ2v) is 3.37. The molecule has 0 spiro atoms. The minimum absolute atomic E-state index is 0.0680. The van der Waals surface area contributed by atoms with Gasteiger partial charge in [-0.2, -0.15) is 5.26 Å². The molecule has 0 aromatic heterocycles. The van der Waals surface area contributed by atoms with Crippen LogP contribution in [0, 0.1) is 18.3 Å². The molecule has 0 amide bonds. The van der Waals surface area contributed by atoms with Gasteiger partial charge in [0, 0.05) is 0 Å². The number of allylic oxidation sites excluding steroid dienone is 1. The van der Waals surface area contributed by atoms with Crippen molar-refractivity contribution < 1.29 is 14.6 Å². The first-order chi connectivity index (χ1) is 8.11. The second-order valence-electron chi connectivity index (χ2n) is 3.37. The van der Waals surface area contributed by atoms with Crippen LogP contribution >= 0.6 is 0 Å². The van der Waals surface area contributed by atoms with Crippen LogP contribution in [0.5, 0.6) is 0 Å². The fraction of sp³-hybridized carbons (Fsp3) is 0.231. The van der Waals surface area contributed by atoms with Crippen molar-refractivity contribution in [2.75, 3.05) is 6.61 Å². The molecule has 0 saturated heterocycles. The molecule has 1 aromatic carbocycles. The van der Waals surface area contributed by atoms with E-state index >= 15 is 0 Å². The lowest BCUT2D eigenvalue weighted by molar-refractivity contribution is -0.141. The summed E-state index contributed by atoms with van der Waals surface area (Å²) in [5.41, 5.74) is 1.27. The van der Waals surface area contributed by atoms with Crippen molar-refractivity contribution in [3.05, 3.63) is 41.2 Å². The lowest BCUT2D eigenvalue weighted by Gasteiger charge is -2.06. The molecule has 17 heavy (non-hydrogen) atoms. The van der Waals surface area contributed by atoms with Crippen LogP contribution in [0.15, 0.2) is 30.0 Å². The van der Waals surface area contributed by atoms with Crippen molar-refractivity contribution in [2.24, 2.45) is 0 Å². The predicted molar refractivity (Wildman–Crippen MR) is 63.0 cm³/mol. The molecule has 88 valence electrons. The number of carbonyl (C=O) groups is 1. The number of aryl methyl sites for hydroxylation is 1. The Morgan fingerprint density at radius 3 is 2.65 bits per heavy atom. The first-order valence-corrected chi connectivity index (χ1v) is 5.18. The number of nitriles is 1. The number of rotatable bonds is 3. The van der Waals surface area contributed by atoms with Gasteiger partial charge in [-0.05, 0) is 25.0 Å². The SMILES string of the molecule is CCOC(=O)/C(O)=C(/C#N)c1ccccc1C. The summed E-state index contributed by atoms with van der Waals surface area (Å²) < 4.78 is 4.65. The van der Waals surface area contributed by atoms with Crippen LogP contribution in [0.1, 0.15) is 18.1 Å². The zero-order chi connectivity index (χ0) is 12.8. The Kier molecular flexibility index (Phi) is 4.29. The van der Waals surface area contributed by atoms with Crippen LogP contribution in [0.3, 0.4) is 0 Å². The van der Waals surface area contributed by atoms with Crippen molar-refractivity contribution in [1.82, 2.24) is 0 Å². The van der Waals surface area contributed by atoms with Gasteiger partial charge in [-0.3, -0.25) is 0 Å². The summed E-state index contributed by atoms with van der Waals surface area (Å²) in [5, 5.41) is 18.7. The molecule has 0 aliphatic carbocycles. The van der Waals surface area contributed by atoms with Gasteiger partial charge in [0.15, 0.2) is 0 Å². The van der Waals surface area contributed by atoms with Gasteiger partial charge >= 0.3 is 5.97 Å². The molecular formula is C13H13NO3. The highest BCUT2D eigenvalue weighted by molar-refractivity contribution is 5.99. The molecule has 0 aliphatic heterocycles. The highest BCUT2D eigenvalue weighted by Gasteiger charge is 2.17. The van der Waals surface area contributed by atoms with Crippen LogP contribution in [0.4, 0.5) is 0 Å². The maximum atomic E-state index is 11.3. The van der Waals surface area contributed by atoms with E-state index in [1.165, 1.54) is 0 Å². The van der Waals surface area contributed by atoms with E-state index in [1.807, 2.05) is 12.1 Å². The number of esters is 1. The van der Waals surface area contributed by atoms with E-state index in [0.29, 0.717) is 5.56 Å². The third kappa shape index (κ3) is 2.85. The number of benzene rings is 1. The fourth-order valence-electron chi connectivity index (χ4n) is 1.40. The quantitative estimate of drug-likeness (QED) is 0.375. The summed E-state index contributed by atoms with van der Waals surface area (Å²) in [7, 11) is 0. The molecule has 0 aliphatic rings. The Labute approximate surface area is 99.8 Å². The van der Waals surface area contributed by atoms with E-state index in [1.54, 1.807) is 32.0 Å². The fourth-order valence-corrected chi connectivity index (χ4v) is 1.40. The number of hydrogen-bond acceptors (Lipinski definition) is 4. The normalized spacial score (nSPS) is 11.4. The molecule has 0 fully saturated rings. The van der Waals surface area contributed by atoms with Crippen LogP contribution < -0.4 is 0 Å². The van der Waals surface area contributed by atoms with Gasteiger partial charge in [-0.25, -0.2) is 4.79 Å². The summed E-state index contributed by atoms with van der Waals surface area (Å²) in [4.78, 5) is 11.3. The smallest absolute Gasteiger partial charge is 0.374 e. The summed E-state index contributed by atoms with van der Waals surface area (Å²) >= 11 is 0. The zero-order valence-electron chi connectivity index (χ0n) is 9.73. The van der Waals surface area contributed by atoms with Gasteiger partial charge in [-0.15, -0.1) is 0 Å². The van der Waals surface area contributed by atoms with Gasteiger partial charge in [0.25, 0.3) is 0 Å². The third-order valence-corrected chi connectivity index (χ3v) is 2.23. The lowest BCUT2D eigenvalue weighted by atomic mass is 10.0. The molecule has 4 nitrogen and oxygen atoms in total. The van der Waals surface area contributed by atoms with Gasteiger partial charge in [-0.1, -0.05) is 24.3 Å². The van der Waals surface area contributed by atoms with Crippen LogP contribution in [-0.2, 0) is 9.53 Å². The van der Waals surface area contributed by atoms with E-state index in [2.05, 4.69) is 4.74 Å². The highest BCUT2D eigenvalue weighted by atomic mass is 16.5. The number of aliphatic hydroxyl groups is 1.